The Morgan fingerprint density at radius 1 is 1.25 bits per heavy atom. The van der Waals surface area contributed by atoms with E-state index in [2.05, 4.69) is 0 Å². The number of hydrogen-bond donors (Lipinski definition) is 0. The van der Waals surface area contributed by atoms with Gasteiger partial charge in [-0.2, -0.15) is 0 Å². The first-order chi connectivity index (χ1) is 5.45. The fraction of sp³-hybridized carbons (Fsp3) is 0.571. The predicted molar refractivity (Wildman–Crippen MR) is 33.4 cm³/mol. The number of aliphatic carboxylic acids is 2. The van der Waals surface area contributed by atoms with Gasteiger partial charge >= 0.3 is 0 Å². The van der Waals surface area contributed by atoms with Crippen molar-refractivity contribution >= 4 is 17.7 Å². The van der Waals surface area contributed by atoms with Gasteiger partial charge in [0.15, 0.2) is 0 Å². The minimum Gasteiger partial charge on any atom is -0.550 e. The summed E-state index contributed by atoms with van der Waals surface area (Å²) in [5, 5.41) is 20.1. The topological polar surface area (TPSA) is 97.3 Å². The van der Waals surface area contributed by atoms with Crippen molar-refractivity contribution in [1.82, 2.24) is 0 Å². The van der Waals surface area contributed by atoms with E-state index in [0.29, 0.717) is 0 Å². The summed E-state index contributed by atoms with van der Waals surface area (Å²) >= 11 is 0. The normalized spacial score (nSPS) is 12.1. The Labute approximate surface area is 69.0 Å². The molecule has 5 nitrogen and oxygen atoms in total. The second-order valence-corrected chi connectivity index (χ2v) is 2.39. The maximum absolute atomic E-state index is 10.6. The van der Waals surface area contributed by atoms with Gasteiger partial charge in [-0.3, -0.25) is 4.79 Å². The van der Waals surface area contributed by atoms with Crippen LogP contribution in [0.15, 0.2) is 0 Å². The smallest absolute Gasteiger partial charge is 0.138 e. The first-order valence-electron chi connectivity index (χ1n) is 3.36. The van der Waals surface area contributed by atoms with Gasteiger partial charge in [-0.25, -0.2) is 0 Å². The van der Waals surface area contributed by atoms with Crippen molar-refractivity contribution in [3.63, 3.8) is 0 Å². The van der Waals surface area contributed by atoms with Gasteiger partial charge in [-0.15, -0.1) is 0 Å². The monoisotopic (exact) mass is 172 g/mol. The van der Waals surface area contributed by atoms with Crippen molar-refractivity contribution in [2.75, 3.05) is 0 Å². The zero-order valence-electron chi connectivity index (χ0n) is 6.53. The van der Waals surface area contributed by atoms with Gasteiger partial charge < -0.3 is 19.8 Å². The molecule has 0 fully saturated rings. The number of carbonyl (C=O) groups excluding carboxylic acids is 3. The van der Waals surface area contributed by atoms with E-state index in [1.165, 1.54) is 0 Å². The van der Waals surface area contributed by atoms with Crippen molar-refractivity contribution in [2.45, 2.75) is 19.8 Å². The number of carboxylic acid groups (broad SMARTS) is 2. The molecule has 1 atom stereocenters. The minimum absolute atomic E-state index is 0.264. The van der Waals surface area contributed by atoms with Gasteiger partial charge in [0.1, 0.15) is 5.78 Å². The van der Waals surface area contributed by atoms with Crippen molar-refractivity contribution in [1.29, 1.82) is 0 Å². The highest BCUT2D eigenvalue weighted by Crippen LogP contribution is 2.05. The molecular weight excluding hydrogens is 164 g/mol. The fourth-order valence-corrected chi connectivity index (χ4v) is 0.749. The van der Waals surface area contributed by atoms with Crippen LogP contribution in [-0.4, -0.2) is 17.7 Å². The fourth-order valence-electron chi connectivity index (χ4n) is 0.749. The molecule has 0 bridgehead atoms. The first kappa shape index (κ1) is 10.6. The number of carboxylic acids is 2. The largest absolute Gasteiger partial charge is 0.550 e. The van der Waals surface area contributed by atoms with Crippen LogP contribution < -0.4 is 10.2 Å². The number of carbonyl (C=O) groups is 3. The molecule has 0 saturated heterocycles. The molecule has 0 saturated carbocycles. The molecule has 68 valence electrons. The zero-order valence-corrected chi connectivity index (χ0v) is 6.53. The molecule has 12 heavy (non-hydrogen) atoms. The van der Waals surface area contributed by atoms with E-state index < -0.39 is 30.1 Å². The third-order valence-electron chi connectivity index (χ3n) is 1.41. The third-order valence-corrected chi connectivity index (χ3v) is 1.41. The second kappa shape index (κ2) is 4.48. The summed E-state index contributed by atoms with van der Waals surface area (Å²) in [5.74, 6) is -4.84. The highest BCUT2D eigenvalue weighted by molar-refractivity contribution is 5.96. The van der Waals surface area contributed by atoms with Crippen molar-refractivity contribution in [2.24, 2.45) is 5.92 Å². The molecule has 0 spiro atoms. The van der Waals surface area contributed by atoms with Crippen molar-refractivity contribution in [3.8, 4) is 0 Å². The van der Waals surface area contributed by atoms with Gasteiger partial charge in [0.25, 0.3) is 0 Å². The summed E-state index contributed by atoms with van der Waals surface area (Å²) in [5.41, 5.74) is 0. The molecule has 0 aliphatic heterocycles. The van der Waals surface area contributed by atoms with Gasteiger partial charge in [0, 0.05) is 5.97 Å². The Morgan fingerprint density at radius 3 is 2.00 bits per heavy atom. The Morgan fingerprint density at radius 2 is 1.75 bits per heavy atom. The van der Waals surface area contributed by atoms with E-state index in [-0.39, 0.29) is 6.42 Å². The summed E-state index contributed by atoms with van der Waals surface area (Å²) < 4.78 is 0. The van der Waals surface area contributed by atoms with E-state index in [1.54, 1.807) is 0 Å². The van der Waals surface area contributed by atoms with Gasteiger partial charge in [0.05, 0.1) is 11.9 Å². The van der Waals surface area contributed by atoms with Gasteiger partial charge in [-0.1, -0.05) is 0 Å². The lowest BCUT2D eigenvalue weighted by molar-refractivity contribution is -0.311. The Kier molecular flexibility index (Phi) is 3.96. The van der Waals surface area contributed by atoms with Crippen LogP contribution in [0.3, 0.4) is 0 Å². The summed E-state index contributed by atoms with van der Waals surface area (Å²) in [6.07, 6.45) is -0.710. The lowest BCUT2D eigenvalue weighted by Crippen LogP contribution is -2.36. The molecule has 0 N–H and O–H groups in total. The Hall–Kier alpha value is -1.39. The summed E-state index contributed by atoms with van der Waals surface area (Å²) in [4.78, 5) is 30.7. The van der Waals surface area contributed by atoms with Crippen LogP contribution in [0.5, 0.6) is 0 Å². The van der Waals surface area contributed by atoms with Crippen molar-refractivity contribution < 1.29 is 24.6 Å². The van der Waals surface area contributed by atoms with Crippen LogP contribution in [0.2, 0.25) is 0 Å². The molecule has 0 rings (SSSR count). The third kappa shape index (κ3) is 3.70. The molecule has 0 heterocycles. The molecule has 5 heteroatoms. The number of rotatable bonds is 5. The SMILES string of the molecule is CC(=O)C(CCC(=O)[O-])C(=O)[O-]. The van der Waals surface area contributed by atoms with E-state index >= 15 is 0 Å². The summed E-state index contributed by atoms with van der Waals surface area (Å²) in [6, 6.07) is 0. The molecule has 0 aromatic rings. The Balaban J connectivity index is 4.06. The van der Waals surface area contributed by atoms with Gasteiger partial charge in [-0.05, 0) is 19.8 Å². The molecule has 0 aromatic carbocycles. The highest BCUT2D eigenvalue weighted by atomic mass is 16.4. The molecule has 0 amide bonds. The number of hydrogen-bond acceptors (Lipinski definition) is 5. The Bertz CT molecular complexity index is 194. The van der Waals surface area contributed by atoms with Crippen LogP contribution in [0.25, 0.3) is 0 Å². The number of ketones is 1. The minimum atomic E-state index is -1.54. The highest BCUT2D eigenvalue weighted by Gasteiger charge is 2.14. The average molecular weight is 172 g/mol. The van der Waals surface area contributed by atoms with Crippen LogP contribution >= 0.6 is 0 Å². The van der Waals surface area contributed by atoms with E-state index in [4.69, 9.17) is 0 Å². The van der Waals surface area contributed by atoms with E-state index in [9.17, 15) is 24.6 Å². The summed E-state index contributed by atoms with van der Waals surface area (Å²) in [6.45, 7) is 1.08. The first-order valence-corrected chi connectivity index (χ1v) is 3.36. The maximum atomic E-state index is 10.6. The van der Waals surface area contributed by atoms with Gasteiger partial charge in [0.2, 0.25) is 0 Å². The molecule has 1 unspecified atom stereocenters. The molecule has 0 aliphatic carbocycles. The van der Waals surface area contributed by atoms with Crippen LogP contribution in [0.4, 0.5) is 0 Å². The predicted octanol–water partition coefficient (Wildman–Crippen LogP) is -2.53. The van der Waals surface area contributed by atoms with Crippen LogP contribution in [0.1, 0.15) is 19.8 Å². The molecule has 0 radical (unpaired) electrons. The number of Topliss-reactive ketones (excluding diaryl/α,β-unsaturated/α-hetero) is 1. The molecule has 0 aliphatic rings. The van der Waals surface area contributed by atoms with E-state index in [0.717, 1.165) is 6.92 Å². The van der Waals surface area contributed by atoms with E-state index in [1.807, 2.05) is 0 Å². The molecular formula is C7H8O5-2. The summed E-state index contributed by atoms with van der Waals surface area (Å²) in [7, 11) is 0. The quantitative estimate of drug-likeness (QED) is 0.426. The molecule has 0 aromatic heterocycles. The zero-order chi connectivity index (χ0) is 9.72. The standard InChI is InChI=1S/C7H10O5/c1-4(8)5(7(11)12)2-3-6(9)10/h5H,2-3H2,1H3,(H,9,10)(H,11,12)/p-2. The van der Waals surface area contributed by atoms with Crippen molar-refractivity contribution in [3.05, 3.63) is 0 Å². The van der Waals surface area contributed by atoms with Crippen LogP contribution in [0, 0.1) is 5.92 Å². The lowest BCUT2D eigenvalue weighted by atomic mass is 10.00. The van der Waals surface area contributed by atoms with Crippen LogP contribution in [-0.2, 0) is 14.4 Å². The average Bonchev–Trinajstić information content (AvgIpc) is 1.84. The second-order valence-electron chi connectivity index (χ2n) is 2.39. The maximum Gasteiger partial charge on any atom is 0.138 e. The lowest BCUT2D eigenvalue weighted by Gasteiger charge is -2.14.